The van der Waals surface area contributed by atoms with E-state index in [1.54, 1.807) is 0 Å². The van der Waals surface area contributed by atoms with Crippen LogP contribution in [0.25, 0.3) is 10.2 Å². The maximum atomic E-state index is 13.3. The van der Waals surface area contributed by atoms with Crippen molar-refractivity contribution in [1.29, 1.82) is 0 Å². The van der Waals surface area contributed by atoms with Crippen LogP contribution < -0.4 is 10.6 Å². The molecule has 1 unspecified atom stereocenters. The van der Waals surface area contributed by atoms with Crippen LogP contribution in [0.15, 0.2) is 24.3 Å². The minimum Gasteiger partial charge on any atom is -0.354 e. The van der Waals surface area contributed by atoms with Crippen molar-refractivity contribution in [2.75, 3.05) is 32.7 Å². The number of fused-ring (bicyclic) bond motifs is 1. The van der Waals surface area contributed by atoms with E-state index in [-0.39, 0.29) is 24.7 Å². The molecule has 1 aromatic heterocycles. The Morgan fingerprint density at radius 2 is 2.00 bits per heavy atom. The number of benzene rings is 1. The third-order valence-electron chi connectivity index (χ3n) is 4.37. The Balaban J connectivity index is 0.00000261. The minimum atomic E-state index is -4.36. The van der Waals surface area contributed by atoms with Crippen LogP contribution in [-0.2, 0) is 11.2 Å². The van der Waals surface area contributed by atoms with Crippen LogP contribution >= 0.6 is 23.7 Å². The molecule has 150 valence electrons. The molecule has 1 aliphatic heterocycles. The number of nitrogens with one attached hydrogen (secondary N) is 2. The quantitative estimate of drug-likeness (QED) is 0.751. The van der Waals surface area contributed by atoms with Crippen LogP contribution in [0, 0.1) is 0 Å². The van der Waals surface area contributed by atoms with E-state index in [1.165, 1.54) is 16.2 Å². The van der Waals surface area contributed by atoms with Crippen molar-refractivity contribution in [3.8, 4) is 0 Å². The third-order valence-corrected chi connectivity index (χ3v) is 5.46. The standard InChI is InChI=1S/C17H21F3N4OS.ClH/c18-17(19,20)14(24-9-7-21-8-10-24)11-22-15(25)5-6-16-23-12-3-1-2-4-13(12)26-16;/h1-4,14,21H,5-11H2,(H,22,25);1H. The molecule has 2 aromatic rings. The number of para-hydroxylation sites is 1. The number of halogens is 4. The Hall–Kier alpha value is -1.42. The first-order valence-electron chi connectivity index (χ1n) is 8.56. The minimum absolute atomic E-state index is 0. The molecule has 1 saturated heterocycles. The first kappa shape index (κ1) is 21.9. The fourth-order valence-electron chi connectivity index (χ4n) is 2.99. The predicted octanol–water partition coefficient (Wildman–Crippen LogP) is 2.60. The molecule has 1 aromatic carbocycles. The zero-order valence-electron chi connectivity index (χ0n) is 14.6. The van der Waals surface area contributed by atoms with E-state index in [9.17, 15) is 18.0 Å². The molecule has 10 heteroatoms. The number of carbonyl (C=O) groups excluding carboxylic acids is 1. The van der Waals surface area contributed by atoms with Crippen LogP contribution in [0.4, 0.5) is 13.2 Å². The predicted molar refractivity (Wildman–Crippen MR) is 102 cm³/mol. The van der Waals surface area contributed by atoms with Crippen molar-refractivity contribution < 1.29 is 18.0 Å². The van der Waals surface area contributed by atoms with Gasteiger partial charge in [0.05, 0.1) is 15.2 Å². The van der Waals surface area contributed by atoms with Crippen molar-refractivity contribution >= 4 is 39.9 Å². The Morgan fingerprint density at radius 1 is 1.30 bits per heavy atom. The maximum absolute atomic E-state index is 13.3. The van der Waals surface area contributed by atoms with Crippen molar-refractivity contribution in [1.82, 2.24) is 20.5 Å². The fourth-order valence-corrected chi connectivity index (χ4v) is 3.96. The second-order valence-electron chi connectivity index (χ2n) is 6.22. The zero-order chi connectivity index (χ0) is 18.6. The van der Waals surface area contributed by atoms with E-state index < -0.39 is 18.8 Å². The number of thiazole rings is 1. The second-order valence-corrected chi connectivity index (χ2v) is 7.34. The lowest BCUT2D eigenvalue weighted by atomic mass is 10.2. The Morgan fingerprint density at radius 3 is 2.67 bits per heavy atom. The number of hydrogen-bond donors (Lipinski definition) is 2. The van der Waals surface area contributed by atoms with E-state index in [4.69, 9.17) is 0 Å². The van der Waals surface area contributed by atoms with E-state index in [0.717, 1.165) is 15.2 Å². The summed E-state index contributed by atoms with van der Waals surface area (Å²) < 4.78 is 40.9. The number of rotatable bonds is 6. The molecule has 1 amide bonds. The average Bonchev–Trinajstić information content (AvgIpc) is 3.03. The molecular weight excluding hydrogens is 401 g/mol. The summed E-state index contributed by atoms with van der Waals surface area (Å²) in [7, 11) is 0. The number of alkyl halides is 3. The first-order valence-corrected chi connectivity index (χ1v) is 9.38. The van der Waals surface area contributed by atoms with Crippen molar-refractivity contribution in [3.63, 3.8) is 0 Å². The highest BCUT2D eigenvalue weighted by Crippen LogP contribution is 2.25. The van der Waals surface area contributed by atoms with Gasteiger partial charge in [-0.15, -0.1) is 23.7 Å². The summed E-state index contributed by atoms with van der Waals surface area (Å²) in [5.74, 6) is -0.381. The molecule has 0 saturated carbocycles. The Kier molecular flexibility index (Phi) is 7.84. The molecule has 2 heterocycles. The summed E-state index contributed by atoms with van der Waals surface area (Å²) in [5, 5.41) is 6.30. The van der Waals surface area contributed by atoms with Crippen molar-refractivity contribution in [2.24, 2.45) is 0 Å². The summed E-state index contributed by atoms with van der Waals surface area (Å²) in [5.41, 5.74) is 0.878. The highest BCUT2D eigenvalue weighted by molar-refractivity contribution is 7.18. The molecule has 1 atom stereocenters. The molecule has 0 bridgehead atoms. The Labute approximate surface area is 165 Å². The summed E-state index contributed by atoms with van der Waals surface area (Å²) >= 11 is 1.50. The second kappa shape index (κ2) is 9.68. The largest absolute Gasteiger partial charge is 0.405 e. The van der Waals surface area contributed by atoms with Gasteiger partial charge in [-0.3, -0.25) is 9.69 Å². The van der Waals surface area contributed by atoms with E-state index in [1.807, 2.05) is 24.3 Å². The molecule has 1 aliphatic rings. The summed E-state index contributed by atoms with van der Waals surface area (Å²) in [6.45, 7) is 1.29. The van der Waals surface area contributed by atoms with Gasteiger partial charge in [-0.2, -0.15) is 13.2 Å². The molecule has 1 fully saturated rings. The van der Waals surface area contributed by atoms with Crippen LogP contribution in [0.3, 0.4) is 0 Å². The highest BCUT2D eigenvalue weighted by atomic mass is 35.5. The molecule has 2 N–H and O–H groups in total. The molecular formula is C17H22ClF3N4OS. The van der Waals surface area contributed by atoms with Gasteiger partial charge in [0.25, 0.3) is 0 Å². The molecule has 5 nitrogen and oxygen atoms in total. The summed E-state index contributed by atoms with van der Waals surface area (Å²) in [6, 6.07) is 6.03. The molecule has 27 heavy (non-hydrogen) atoms. The smallest absolute Gasteiger partial charge is 0.354 e. The molecule has 0 aliphatic carbocycles. The van der Waals surface area contributed by atoms with Gasteiger partial charge in [-0.25, -0.2) is 4.98 Å². The molecule has 0 radical (unpaired) electrons. The van der Waals surface area contributed by atoms with Crippen LogP contribution in [-0.4, -0.2) is 60.7 Å². The van der Waals surface area contributed by atoms with Gasteiger partial charge in [0.2, 0.25) is 5.91 Å². The van der Waals surface area contributed by atoms with Crippen LogP contribution in [0.5, 0.6) is 0 Å². The Bertz CT molecular complexity index is 716. The number of carbonyl (C=O) groups is 1. The van der Waals surface area contributed by atoms with Gasteiger partial charge >= 0.3 is 6.18 Å². The van der Waals surface area contributed by atoms with Gasteiger partial charge in [-0.1, -0.05) is 12.1 Å². The highest BCUT2D eigenvalue weighted by Gasteiger charge is 2.43. The van der Waals surface area contributed by atoms with Gasteiger partial charge in [0, 0.05) is 45.6 Å². The van der Waals surface area contributed by atoms with E-state index >= 15 is 0 Å². The summed E-state index contributed by atoms with van der Waals surface area (Å²) in [6.07, 6.45) is -3.81. The van der Waals surface area contributed by atoms with Crippen LogP contribution in [0.2, 0.25) is 0 Å². The number of nitrogens with zero attached hydrogens (tertiary/aromatic N) is 2. The number of amides is 1. The maximum Gasteiger partial charge on any atom is 0.405 e. The monoisotopic (exact) mass is 422 g/mol. The number of aryl methyl sites for hydroxylation is 1. The van der Waals surface area contributed by atoms with Gasteiger partial charge in [0.15, 0.2) is 0 Å². The first-order chi connectivity index (χ1) is 12.4. The molecule has 0 spiro atoms. The number of aromatic nitrogens is 1. The van der Waals surface area contributed by atoms with E-state index in [2.05, 4.69) is 15.6 Å². The lowest BCUT2D eigenvalue weighted by Crippen LogP contribution is -2.57. The summed E-state index contributed by atoms with van der Waals surface area (Å²) in [4.78, 5) is 17.8. The van der Waals surface area contributed by atoms with Gasteiger partial charge in [-0.05, 0) is 12.1 Å². The van der Waals surface area contributed by atoms with Crippen molar-refractivity contribution in [3.05, 3.63) is 29.3 Å². The van der Waals surface area contributed by atoms with Crippen molar-refractivity contribution in [2.45, 2.75) is 25.1 Å². The lowest BCUT2D eigenvalue weighted by Gasteiger charge is -2.35. The average molecular weight is 423 g/mol. The fraction of sp³-hybridized carbons (Fsp3) is 0.529. The van der Waals surface area contributed by atoms with Gasteiger partial charge < -0.3 is 10.6 Å². The van der Waals surface area contributed by atoms with Crippen LogP contribution in [0.1, 0.15) is 11.4 Å². The number of hydrogen-bond acceptors (Lipinski definition) is 5. The zero-order valence-corrected chi connectivity index (χ0v) is 16.2. The third kappa shape index (κ3) is 6.03. The van der Waals surface area contributed by atoms with Gasteiger partial charge in [0.1, 0.15) is 6.04 Å². The SMILES string of the molecule is Cl.O=C(CCc1nc2ccccc2s1)NCC(N1CCNCC1)C(F)(F)F. The normalized spacial score (nSPS) is 16.7. The lowest BCUT2D eigenvalue weighted by molar-refractivity contribution is -0.184. The number of piperazine rings is 1. The topological polar surface area (TPSA) is 57.3 Å². The molecule has 3 rings (SSSR count). The van der Waals surface area contributed by atoms with E-state index in [0.29, 0.717) is 32.6 Å².